The highest BCUT2D eigenvalue weighted by atomic mass is 32.2. The minimum atomic E-state index is -5.86. The van der Waals surface area contributed by atoms with Crippen molar-refractivity contribution in [3.05, 3.63) is 0 Å². The Bertz CT molecular complexity index is 516. The van der Waals surface area contributed by atoms with E-state index < -0.39 is 26.8 Å². The third-order valence-corrected chi connectivity index (χ3v) is 5.37. The molecule has 0 radical (unpaired) electrons. The Hall–Kier alpha value is -0.800. The van der Waals surface area contributed by atoms with Crippen molar-refractivity contribution in [1.29, 1.82) is 0 Å². The molecular formula is C15H26F2O6S. The molecule has 1 atom stereocenters. The monoisotopic (exact) mass is 372 g/mol. The van der Waals surface area contributed by atoms with Crippen LogP contribution in [0, 0.1) is 11.3 Å². The van der Waals surface area contributed by atoms with Gasteiger partial charge in [-0.05, 0) is 25.2 Å². The smallest absolute Gasteiger partial charge is 0.460 e. The molecule has 1 unspecified atom stereocenters. The number of aliphatic hydroxyl groups is 1. The summed E-state index contributed by atoms with van der Waals surface area (Å²) in [4.78, 5) is 11.4. The van der Waals surface area contributed by atoms with Crippen molar-refractivity contribution in [2.45, 2.75) is 63.5 Å². The quantitative estimate of drug-likeness (QED) is 0.477. The van der Waals surface area contributed by atoms with E-state index >= 15 is 0 Å². The van der Waals surface area contributed by atoms with Crippen LogP contribution in [0.1, 0.15) is 58.3 Å². The minimum Gasteiger partial charge on any atom is -0.460 e. The highest BCUT2D eigenvalue weighted by Crippen LogP contribution is 2.38. The number of alkyl halides is 2. The summed E-state index contributed by atoms with van der Waals surface area (Å²) in [7, 11) is -5.86. The van der Waals surface area contributed by atoms with E-state index in [1.165, 1.54) is 6.42 Å². The predicted molar refractivity (Wildman–Crippen MR) is 83.1 cm³/mol. The second-order valence-electron chi connectivity index (χ2n) is 6.91. The Balaban J connectivity index is 2.72. The fourth-order valence-corrected chi connectivity index (χ4v) is 3.53. The summed E-state index contributed by atoms with van der Waals surface area (Å²) in [5.41, 5.74) is -0.629. The van der Waals surface area contributed by atoms with Crippen LogP contribution in [-0.4, -0.2) is 42.5 Å². The van der Waals surface area contributed by atoms with Crippen LogP contribution in [0.15, 0.2) is 0 Å². The van der Waals surface area contributed by atoms with Gasteiger partial charge in [-0.3, -0.25) is 4.55 Å². The number of halogens is 2. The van der Waals surface area contributed by atoms with Crippen LogP contribution in [0.3, 0.4) is 0 Å². The van der Waals surface area contributed by atoms with Gasteiger partial charge in [-0.25, -0.2) is 4.79 Å². The standard InChI is InChI=1S/C15H26F2O6S/c1-14(8-5-9-18,10-12-6-3-2-4-7-12)11-23-13(19)15(16,17)24(20,21)22/h12,18H,2-11H2,1H3,(H,20,21,22). The molecule has 24 heavy (non-hydrogen) atoms. The molecule has 6 nitrogen and oxygen atoms in total. The number of hydrogen-bond donors (Lipinski definition) is 2. The highest BCUT2D eigenvalue weighted by molar-refractivity contribution is 7.87. The average molecular weight is 372 g/mol. The van der Waals surface area contributed by atoms with Gasteiger partial charge in [-0.15, -0.1) is 0 Å². The second kappa shape index (κ2) is 8.53. The van der Waals surface area contributed by atoms with Crippen molar-refractivity contribution in [3.8, 4) is 0 Å². The summed E-state index contributed by atoms with van der Waals surface area (Å²) < 4.78 is 60.6. The summed E-state index contributed by atoms with van der Waals surface area (Å²) in [6.45, 7) is 1.32. The third kappa shape index (κ3) is 5.93. The van der Waals surface area contributed by atoms with E-state index in [0.717, 1.165) is 25.7 Å². The van der Waals surface area contributed by atoms with Gasteiger partial charge < -0.3 is 9.84 Å². The lowest BCUT2D eigenvalue weighted by atomic mass is 9.73. The van der Waals surface area contributed by atoms with Crippen LogP contribution in [0.4, 0.5) is 8.78 Å². The zero-order valence-corrected chi connectivity index (χ0v) is 14.7. The van der Waals surface area contributed by atoms with Gasteiger partial charge in [0.25, 0.3) is 0 Å². The largest absolute Gasteiger partial charge is 0.465 e. The molecule has 1 saturated carbocycles. The maximum Gasteiger partial charge on any atom is 0.465 e. The van der Waals surface area contributed by atoms with Crippen LogP contribution in [0.2, 0.25) is 0 Å². The second-order valence-corrected chi connectivity index (χ2v) is 8.38. The van der Waals surface area contributed by atoms with Crippen LogP contribution < -0.4 is 0 Å². The Kier molecular flexibility index (Phi) is 7.55. The molecule has 1 aliphatic rings. The zero-order valence-electron chi connectivity index (χ0n) is 13.8. The SMILES string of the molecule is CC(CCCO)(COC(=O)C(F)(F)S(=O)(=O)O)CC1CCCCC1. The van der Waals surface area contributed by atoms with Gasteiger partial charge in [0.1, 0.15) is 0 Å². The zero-order chi connectivity index (χ0) is 18.4. The lowest BCUT2D eigenvalue weighted by Gasteiger charge is -2.34. The van der Waals surface area contributed by atoms with Crippen LogP contribution in [-0.2, 0) is 19.6 Å². The fraction of sp³-hybridized carbons (Fsp3) is 0.933. The molecule has 0 heterocycles. The summed E-state index contributed by atoms with van der Waals surface area (Å²) in [6, 6.07) is 0. The Morgan fingerprint density at radius 3 is 2.33 bits per heavy atom. The Labute approximate surface area is 141 Å². The Morgan fingerprint density at radius 2 is 1.83 bits per heavy atom. The number of carbonyl (C=O) groups is 1. The number of aliphatic hydroxyl groups excluding tert-OH is 1. The van der Waals surface area contributed by atoms with E-state index in [4.69, 9.17) is 9.66 Å². The molecule has 1 fully saturated rings. The fourth-order valence-electron chi connectivity index (χ4n) is 3.26. The van der Waals surface area contributed by atoms with E-state index in [1.807, 2.05) is 0 Å². The molecule has 0 spiro atoms. The van der Waals surface area contributed by atoms with Gasteiger partial charge in [0.05, 0.1) is 6.61 Å². The molecule has 0 aromatic rings. The van der Waals surface area contributed by atoms with Crippen molar-refractivity contribution in [3.63, 3.8) is 0 Å². The summed E-state index contributed by atoms with van der Waals surface area (Å²) in [6.07, 6.45) is 6.94. The maximum absolute atomic E-state index is 13.3. The molecule has 0 aliphatic heterocycles. The molecule has 1 aliphatic carbocycles. The molecule has 0 bridgehead atoms. The van der Waals surface area contributed by atoms with Crippen molar-refractivity contribution in [2.24, 2.45) is 11.3 Å². The number of ether oxygens (including phenoxy) is 1. The normalized spacial score (nSPS) is 19.7. The van der Waals surface area contributed by atoms with Gasteiger partial charge in [0, 0.05) is 12.0 Å². The molecule has 0 aromatic carbocycles. The van der Waals surface area contributed by atoms with Gasteiger partial charge in [-0.1, -0.05) is 39.0 Å². The highest BCUT2D eigenvalue weighted by Gasteiger charge is 2.54. The van der Waals surface area contributed by atoms with E-state index in [-0.39, 0.29) is 13.2 Å². The first-order valence-corrected chi connectivity index (χ1v) is 9.59. The van der Waals surface area contributed by atoms with Gasteiger partial charge in [-0.2, -0.15) is 17.2 Å². The lowest BCUT2D eigenvalue weighted by Crippen LogP contribution is -2.41. The maximum atomic E-state index is 13.3. The van der Waals surface area contributed by atoms with Gasteiger partial charge in [0.2, 0.25) is 0 Å². The molecule has 0 saturated heterocycles. The summed E-state index contributed by atoms with van der Waals surface area (Å²) >= 11 is 0. The van der Waals surface area contributed by atoms with E-state index in [1.54, 1.807) is 6.92 Å². The lowest BCUT2D eigenvalue weighted by molar-refractivity contribution is -0.165. The first-order chi connectivity index (χ1) is 11.0. The Morgan fingerprint density at radius 1 is 1.25 bits per heavy atom. The molecular weight excluding hydrogens is 346 g/mol. The summed E-state index contributed by atoms with van der Waals surface area (Å²) in [5, 5.41) is 4.03. The van der Waals surface area contributed by atoms with Crippen LogP contribution in [0.25, 0.3) is 0 Å². The number of rotatable bonds is 9. The third-order valence-electron chi connectivity index (χ3n) is 4.56. The van der Waals surface area contributed by atoms with E-state index in [9.17, 15) is 22.0 Å². The molecule has 0 amide bonds. The molecule has 142 valence electrons. The number of esters is 1. The van der Waals surface area contributed by atoms with Crippen molar-refractivity contribution in [2.75, 3.05) is 13.2 Å². The molecule has 2 N–H and O–H groups in total. The number of carbonyl (C=O) groups excluding carboxylic acids is 1. The van der Waals surface area contributed by atoms with E-state index in [0.29, 0.717) is 25.2 Å². The molecule has 9 heteroatoms. The average Bonchev–Trinajstić information content (AvgIpc) is 2.50. The topological polar surface area (TPSA) is 101 Å². The van der Waals surface area contributed by atoms with Crippen molar-refractivity contribution >= 4 is 16.1 Å². The van der Waals surface area contributed by atoms with Gasteiger partial charge in [0.15, 0.2) is 0 Å². The molecule has 1 rings (SSSR count). The van der Waals surface area contributed by atoms with Crippen molar-refractivity contribution in [1.82, 2.24) is 0 Å². The summed E-state index contributed by atoms with van der Waals surface area (Å²) in [5.74, 6) is -1.88. The minimum absolute atomic E-state index is 0.0740. The predicted octanol–water partition coefficient (Wildman–Crippen LogP) is 2.76. The first-order valence-electron chi connectivity index (χ1n) is 8.15. The van der Waals surface area contributed by atoms with Crippen molar-refractivity contribution < 1.29 is 36.4 Å². The molecule has 0 aromatic heterocycles. The van der Waals surface area contributed by atoms with Crippen LogP contribution >= 0.6 is 0 Å². The van der Waals surface area contributed by atoms with E-state index in [2.05, 4.69) is 4.74 Å². The van der Waals surface area contributed by atoms with Crippen LogP contribution in [0.5, 0.6) is 0 Å². The first kappa shape index (κ1) is 21.2. The number of hydrogen-bond acceptors (Lipinski definition) is 5. The van der Waals surface area contributed by atoms with Gasteiger partial charge >= 0.3 is 21.3 Å².